The Bertz CT molecular complexity index is 664. The van der Waals surface area contributed by atoms with Gasteiger partial charge in [-0.05, 0) is 43.7 Å². The molecule has 1 aliphatic heterocycles. The molecule has 1 aliphatic rings. The van der Waals surface area contributed by atoms with Crippen LogP contribution in [-0.4, -0.2) is 60.9 Å². The summed E-state index contributed by atoms with van der Waals surface area (Å²) in [5.41, 5.74) is 0.983. The molecule has 7 heteroatoms. The van der Waals surface area contributed by atoms with E-state index in [1.54, 1.807) is 15.4 Å². The molecule has 6 nitrogen and oxygen atoms in total. The van der Waals surface area contributed by atoms with E-state index in [2.05, 4.69) is 4.98 Å². The molecule has 1 aromatic rings. The molecule has 146 valence electrons. The van der Waals surface area contributed by atoms with Gasteiger partial charge in [-0.15, -0.1) is 0 Å². The number of hydrogen-bond donors (Lipinski definition) is 0. The van der Waals surface area contributed by atoms with Crippen LogP contribution in [0.15, 0.2) is 24.4 Å². The first-order valence-electron chi connectivity index (χ1n) is 9.54. The fraction of sp³-hybridized carbons (Fsp3) is 0.684. The van der Waals surface area contributed by atoms with Crippen molar-refractivity contribution < 1.29 is 13.2 Å². The van der Waals surface area contributed by atoms with E-state index in [4.69, 9.17) is 0 Å². The fourth-order valence-electron chi connectivity index (χ4n) is 3.37. The van der Waals surface area contributed by atoms with E-state index in [1.165, 1.54) is 0 Å². The Morgan fingerprint density at radius 2 is 2.19 bits per heavy atom. The molecule has 1 saturated heterocycles. The van der Waals surface area contributed by atoms with Crippen LogP contribution >= 0.6 is 0 Å². The lowest BCUT2D eigenvalue weighted by Crippen LogP contribution is -2.41. The van der Waals surface area contributed by atoms with E-state index in [1.807, 2.05) is 32.2 Å². The lowest BCUT2D eigenvalue weighted by molar-refractivity contribution is -0.130. The first-order chi connectivity index (χ1) is 12.4. The van der Waals surface area contributed by atoms with Gasteiger partial charge in [0.2, 0.25) is 15.9 Å². The van der Waals surface area contributed by atoms with E-state index in [-0.39, 0.29) is 17.6 Å². The maximum Gasteiger partial charge on any atom is 0.222 e. The van der Waals surface area contributed by atoms with Gasteiger partial charge in [-0.25, -0.2) is 12.7 Å². The van der Waals surface area contributed by atoms with Crippen LogP contribution in [0.25, 0.3) is 0 Å². The zero-order valence-corrected chi connectivity index (χ0v) is 16.7. The van der Waals surface area contributed by atoms with Crippen LogP contribution in [0, 0.1) is 5.92 Å². The zero-order valence-electron chi connectivity index (χ0n) is 15.9. The third-order valence-corrected chi connectivity index (χ3v) is 7.00. The average Bonchev–Trinajstić information content (AvgIpc) is 2.65. The molecule has 1 atom stereocenters. The minimum atomic E-state index is -3.13. The normalized spacial score (nSPS) is 18.6. The number of carbonyl (C=O) groups excluding carboxylic acids is 1. The number of amides is 1. The minimum Gasteiger partial charge on any atom is -0.345 e. The SMILES string of the molecule is CCCS(=O)(=O)N1CCCC(CCC(=O)N(C)CCc2ccccn2)C1. The van der Waals surface area contributed by atoms with Gasteiger partial charge in [-0.1, -0.05) is 13.0 Å². The van der Waals surface area contributed by atoms with Gasteiger partial charge in [-0.3, -0.25) is 9.78 Å². The Hall–Kier alpha value is -1.47. The van der Waals surface area contributed by atoms with Gasteiger partial charge in [0, 0.05) is 51.4 Å². The van der Waals surface area contributed by atoms with E-state index < -0.39 is 10.0 Å². The first kappa shape index (κ1) is 20.8. The smallest absolute Gasteiger partial charge is 0.222 e. The number of pyridine rings is 1. The molecule has 0 aliphatic carbocycles. The summed E-state index contributed by atoms with van der Waals surface area (Å²) in [6, 6.07) is 5.80. The molecule has 0 radical (unpaired) electrons. The molecule has 1 amide bonds. The van der Waals surface area contributed by atoms with E-state index >= 15 is 0 Å². The maximum absolute atomic E-state index is 12.4. The minimum absolute atomic E-state index is 0.120. The molecule has 0 spiro atoms. The predicted molar refractivity (Wildman–Crippen MR) is 103 cm³/mol. The van der Waals surface area contributed by atoms with Crippen molar-refractivity contribution in [2.75, 3.05) is 32.4 Å². The van der Waals surface area contributed by atoms with Crippen molar-refractivity contribution in [3.05, 3.63) is 30.1 Å². The highest BCUT2D eigenvalue weighted by molar-refractivity contribution is 7.89. The van der Waals surface area contributed by atoms with Gasteiger partial charge in [-0.2, -0.15) is 0 Å². The highest BCUT2D eigenvalue weighted by Crippen LogP contribution is 2.23. The van der Waals surface area contributed by atoms with Crippen LogP contribution in [0.2, 0.25) is 0 Å². The number of piperidine rings is 1. The number of nitrogens with zero attached hydrogens (tertiary/aromatic N) is 3. The summed E-state index contributed by atoms with van der Waals surface area (Å²) in [7, 11) is -1.31. The quantitative estimate of drug-likeness (QED) is 0.658. The van der Waals surface area contributed by atoms with Crippen molar-refractivity contribution in [2.24, 2.45) is 5.92 Å². The lowest BCUT2D eigenvalue weighted by Gasteiger charge is -2.32. The second-order valence-electron chi connectivity index (χ2n) is 7.11. The molecule has 1 unspecified atom stereocenters. The zero-order chi connectivity index (χ0) is 19.0. The van der Waals surface area contributed by atoms with Crippen molar-refractivity contribution in [1.29, 1.82) is 0 Å². The van der Waals surface area contributed by atoms with Crippen LogP contribution in [0.4, 0.5) is 0 Å². The van der Waals surface area contributed by atoms with Crippen LogP contribution in [0.3, 0.4) is 0 Å². The summed E-state index contributed by atoms with van der Waals surface area (Å²) in [4.78, 5) is 18.4. The Labute approximate surface area is 157 Å². The van der Waals surface area contributed by atoms with Gasteiger partial charge in [0.05, 0.1) is 5.75 Å². The van der Waals surface area contributed by atoms with Crippen LogP contribution in [0.1, 0.15) is 44.7 Å². The number of rotatable bonds is 9. The van der Waals surface area contributed by atoms with E-state index in [9.17, 15) is 13.2 Å². The summed E-state index contributed by atoms with van der Waals surface area (Å²) in [6.45, 7) is 3.72. The Kier molecular flexibility index (Phi) is 8.03. The maximum atomic E-state index is 12.4. The van der Waals surface area contributed by atoms with Crippen molar-refractivity contribution in [3.63, 3.8) is 0 Å². The van der Waals surface area contributed by atoms with Crippen molar-refractivity contribution in [3.8, 4) is 0 Å². The van der Waals surface area contributed by atoms with E-state index in [0.29, 0.717) is 32.5 Å². The molecule has 0 N–H and O–H groups in total. The second-order valence-corrected chi connectivity index (χ2v) is 9.20. The van der Waals surface area contributed by atoms with Gasteiger partial charge in [0.25, 0.3) is 0 Å². The Balaban J connectivity index is 1.75. The topological polar surface area (TPSA) is 70.6 Å². The second kappa shape index (κ2) is 10.0. The molecule has 26 heavy (non-hydrogen) atoms. The van der Waals surface area contributed by atoms with Gasteiger partial charge in [0.1, 0.15) is 0 Å². The molecule has 2 rings (SSSR count). The molecule has 0 bridgehead atoms. The molecular formula is C19H31N3O3S. The van der Waals surface area contributed by atoms with Gasteiger partial charge in [0.15, 0.2) is 0 Å². The summed E-state index contributed by atoms with van der Waals surface area (Å²) in [5.74, 6) is 0.618. The average molecular weight is 382 g/mol. The summed E-state index contributed by atoms with van der Waals surface area (Å²) >= 11 is 0. The first-order valence-corrected chi connectivity index (χ1v) is 11.1. The highest BCUT2D eigenvalue weighted by atomic mass is 32.2. The van der Waals surface area contributed by atoms with Gasteiger partial charge >= 0.3 is 0 Å². The van der Waals surface area contributed by atoms with E-state index in [0.717, 1.165) is 31.4 Å². The van der Waals surface area contributed by atoms with Crippen molar-refractivity contribution >= 4 is 15.9 Å². The number of likely N-dealkylation sites (N-methyl/N-ethyl adjacent to an activating group) is 1. The molecule has 1 aromatic heterocycles. The predicted octanol–water partition coefficient (Wildman–Crippen LogP) is 2.31. The number of carbonyl (C=O) groups is 1. The molecule has 0 saturated carbocycles. The molecular weight excluding hydrogens is 350 g/mol. The number of sulfonamides is 1. The fourth-order valence-corrected chi connectivity index (χ4v) is 4.99. The molecule has 0 aromatic carbocycles. The highest BCUT2D eigenvalue weighted by Gasteiger charge is 2.28. The largest absolute Gasteiger partial charge is 0.345 e. The Morgan fingerprint density at radius 1 is 1.38 bits per heavy atom. The third kappa shape index (κ3) is 6.36. The summed E-state index contributed by atoms with van der Waals surface area (Å²) in [6.07, 6.45) is 6.27. The van der Waals surface area contributed by atoms with Crippen molar-refractivity contribution in [2.45, 2.75) is 45.4 Å². The monoisotopic (exact) mass is 381 g/mol. The van der Waals surface area contributed by atoms with Gasteiger partial charge < -0.3 is 4.90 Å². The summed E-state index contributed by atoms with van der Waals surface area (Å²) < 4.78 is 26.1. The Morgan fingerprint density at radius 3 is 2.88 bits per heavy atom. The van der Waals surface area contributed by atoms with Crippen LogP contribution in [0.5, 0.6) is 0 Å². The molecule has 1 fully saturated rings. The number of aromatic nitrogens is 1. The summed E-state index contributed by atoms with van der Waals surface area (Å²) in [5, 5.41) is 0. The van der Waals surface area contributed by atoms with Crippen LogP contribution in [-0.2, 0) is 21.2 Å². The van der Waals surface area contributed by atoms with Crippen LogP contribution < -0.4 is 0 Å². The lowest BCUT2D eigenvalue weighted by atomic mass is 9.94. The standard InChI is InChI=1S/C19H31N3O3S/c1-3-15-26(24,25)22-13-6-7-17(16-22)9-10-19(23)21(2)14-11-18-8-4-5-12-20-18/h4-5,8,12,17H,3,6-7,9-11,13-16H2,1-2H3. The molecule has 2 heterocycles. The third-order valence-electron chi connectivity index (χ3n) is 4.96. The van der Waals surface area contributed by atoms with Crippen molar-refractivity contribution in [1.82, 2.24) is 14.2 Å². The number of hydrogen-bond acceptors (Lipinski definition) is 4.